The van der Waals surface area contributed by atoms with Gasteiger partial charge in [-0.15, -0.1) is 0 Å². The summed E-state index contributed by atoms with van der Waals surface area (Å²) < 4.78 is 2.33. The van der Waals surface area contributed by atoms with Crippen LogP contribution in [0.1, 0.15) is 30.3 Å². The number of nitrogens with zero attached hydrogens (tertiary/aromatic N) is 2. The Hall–Kier alpha value is -1.57. The SMILES string of the molecule is Cc1ccc(-c2cn3c(n2)CC(C)CC3)c(C)c1. The fourth-order valence-corrected chi connectivity index (χ4v) is 2.81. The molecule has 2 heteroatoms. The summed E-state index contributed by atoms with van der Waals surface area (Å²) in [4.78, 5) is 4.82. The molecule has 1 aliphatic heterocycles. The highest BCUT2D eigenvalue weighted by Gasteiger charge is 2.18. The standard InChI is InChI=1S/C16H20N2/c1-11-4-5-14(13(3)8-11)15-10-18-7-6-12(2)9-16(18)17-15/h4-5,8,10,12H,6-7,9H2,1-3H3. The van der Waals surface area contributed by atoms with Crippen molar-refractivity contribution < 1.29 is 0 Å². The average molecular weight is 240 g/mol. The van der Waals surface area contributed by atoms with Gasteiger partial charge in [0.25, 0.3) is 0 Å². The van der Waals surface area contributed by atoms with Crippen molar-refractivity contribution in [1.82, 2.24) is 9.55 Å². The monoisotopic (exact) mass is 240 g/mol. The van der Waals surface area contributed by atoms with Crippen LogP contribution >= 0.6 is 0 Å². The zero-order valence-electron chi connectivity index (χ0n) is 11.4. The van der Waals surface area contributed by atoms with Gasteiger partial charge in [0.15, 0.2) is 0 Å². The van der Waals surface area contributed by atoms with Gasteiger partial charge < -0.3 is 4.57 Å². The fourth-order valence-electron chi connectivity index (χ4n) is 2.81. The quantitative estimate of drug-likeness (QED) is 0.742. The molecule has 0 amide bonds. The van der Waals surface area contributed by atoms with Crippen LogP contribution in [0, 0.1) is 19.8 Å². The lowest BCUT2D eigenvalue weighted by Crippen LogP contribution is -2.16. The maximum absolute atomic E-state index is 4.82. The molecule has 1 unspecified atom stereocenters. The Bertz CT molecular complexity index is 581. The lowest BCUT2D eigenvalue weighted by Gasteiger charge is -2.18. The highest BCUT2D eigenvalue weighted by atomic mass is 15.1. The molecular formula is C16H20N2. The second-order valence-corrected chi connectivity index (χ2v) is 5.65. The number of hydrogen-bond acceptors (Lipinski definition) is 1. The number of aryl methyl sites for hydroxylation is 3. The molecule has 1 aromatic carbocycles. The van der Waals surface area contributed by atoms with Crippen molar-refractivity contribution in [2.45, 2.75) is 40.2 Å². The predicted octanol–water partition coefficient (Wildman–Crippen LogP) is 3.75. The second kappa shape index (κ2) is 4.27. The molecule has 0 fully saturated rings. The van der Waals surface area contributed by atoms with Crippen LogP contribution in [-0.2, 0) is 13.0 Å². The third kappa shape index (κ3) is 1.96. The van der Waals surface area contributed by atoms with E-state index >= 15 is 0 Å². The van der Waals surface area contributed by atoms with Crippen molar-refractivity contribution >= 4 is 0 Å². The molecule has 94 valence electrons. The maximum Gasteiger partial charge on any atom is 0.109 e. The number of fused-ring (bicyclic) bond motifs is 1. The number of imidazole rings is 1. The summed E-state index contributed by atoms with van der Waals surface area (Å²) in [7, 11) is 0. The number of rotatable bonds is 1. The first-order valence-electron chi connectivity index (χ1n) is 6.77. The van der Waals surface area contributed by atoms with Crippen molar-refractivity contribution in [3.05, 3.63) is 41.3 Å². The Labute approximate surface area is 109 Å². The van der Waals surface area contributed by atoms with Gasteiger partial charge in [0.05, 0.1) is 5.69 Å². The first kappa shape index (κ1) is 11.5. The lowest BCUT2D eigenvalue weighted by atomic mass is 10.0. The van der Waals surface area contributed by atoms with Crippen molar-refractivity contribution in [2.24, 2.45) is 5.92 Å². The molecule has 0 N–H and O–H groups in total. The molecule has 1 aliphatic rings. The van der Waals surface area contributed by atoms with Crippen LogP contribution in [0.25, 0.3) is 11.3 Å². The first-order valence-corrected chi connectivity index (χ1v) is 6.77. The molecular weight excluding hydrogens is 220 g/mol. The Morgan fingerprint density at radius 2 is 2.11 bits per heavy atom. The Balaban J connectivity index is 2.02. The van der Waals surface area contributed by atoms with Gasteiger partial charge in [-0.2, -0.15) is 0 Å². The van der Waals surface area contributed by atoms with Crippen LogP contribution < -0.4 is 0 Å². The van der Waals surface area contributed by atoms with Gasteiger partial charge in [-0.3, -0.25) is 0 Å². The van der Waals surface area contributed by atoms with Crippen LogP contribution in [0.4, 0.5) is 0 Å². The third-order valence-electron chi connectivity index (χ3n) is 3.91. The van der Waals surface area contributed by atoms with Crippen LogP contribution in [0.3, 0.4) is 0 Å². The van der Waals surface area contributed by atoms with Gasteiger partial charge in [-0.1, -0.05) is 30.7 Å². The van der Waals surface area contributed by atoms with E-state index in [-0.39, 0.29) is 0 Å². The Kier molecular flexibility index (Phi) is 2.73. The molecule has 0 radical (unpaired) electrons. The van der Waals surface area contributed by atoms with E-state index in [0.29, 0.717) is 0 Å². The van der Waals surface area contributed by atoms with E-state index in [1.807, 2.05) is 0 Å². The molecule has 0 aliphatic carbocycles. The van der Waals surface area contributed by atoms with Crippen LogP contribution in [-0.4, -0.2) is 9.55 Å². The summed E-state index contributed by atoms with van der Waals surface area (Å²) in [5.41, 5.74) is 5.04. The summed E-state index contributed by atoms with van der Waals surface area (Å²) in [5, 5.41) is 0. The molecule has 1 aromatic heterocycles. The fraction of sp³-hybridized carbons (Fsp3) is 0.438. The summed E-state index contributed by atoms with van der Waals surface area (Å²) in [6.45, 7) is 7.74. The number of aromatic nitrogens is 2. The van der Waals surface area contributed by atoms with Crippen LogP contribution in [0.15, 0.2) is 24.4 Å². The van der Waals surface area contributed by atoms with Gasteiger partial charge in [-0.05, 0) is 31.7 Å². The number of benzene rings is 1. The van der Waals surface area contributed by atoms with E-state index < -0.39 is 0 Å². The summed E-state index contributed by atoms with van der Waals surface area (Å²) in [5.74, 6) is 2.02. The topological polar surface area (TPSA) is 17.8 Å². The smallest absolute Gasteiger partial charge is 0.109 e. The van der Waals surface area contributed by atoms with Gasteiger partial charge >= 0.3 is 0 Å². The molecule has 2 nitrogen and oxygen atoms in total. The van der Waals surface area contributed by atoms with Crippen molar-refractivity contribution in [3.63, 3.8) is 0 Å². The van der Waals surface area contributed by atoms with Gasteiger partial charge in [0, 0.05) is 24.7 Å². The van der Waals surface area contributed by atoms with E-state index in [0.717, 1.165) is 24.6 Å². The molecule has 3 rings (SSSR count). The zero-order chi connectivity index (χ0) is 12.7. The highest BCUT2D eigenvalue weighted by molar-refractivity contribution is 5.63. The second-order valence-electron chi connectivity index (χ2n) is 5.65. The third-order valence-corrected chi connectivity index (χ3v) is 3.91. The maximum atomic E-state index is 4.82. The molecule has 2 aromatic rings. The Morgan fingerprint density at radius 1 is 1.28 bits per heavy atom. The summed E-state index contributed by atoms with van der Waals surface area (Å²) >= 11 is 0. The van der Waals surface area contributed by atoms with Crippen molar-refractivity contribution in [3.8, 4) is 11.3 Å². The molecule has 18 heavy (non-hydrogen) atoms. The van der Waals surface area contributed by atoms with Crippen molar-refractivity contribution in [1.29, 1.82) is 0 Å². The van der Waals surface area contributed by atoms with Crippen molar-refractivity contribution in [2.75, 3.05) is 0 Å². The summed E-state index contributed by atoms with van der Waals surface area (Å²) in [6, 6.07) is 6.60. The molecule has 0 saturated heterocycles. The largest absolute Gasteiger partial charge is 0.334 e. The van der Waals surface area contributed by atoms with Gasteiger partial charge in [0.2, 0.25) is 0 Å². The molecule has 0 saturated carbocycles. The minimum absolute atomic E-state index is 0.770. The van der Waals surface area contributed by atoms with E-state index in [4.69, 9.17) is 4.98 Å². The van der Waals surface area contributed by atoms with Crippen LogP contribution in [0.5, 0.6) is 0 Å². The number of hydrogen-bond donors (Lipinski definition) is 0. The molecule has 1 atom stereocenters. The van der Waals surface area contributed by atoms with Gasteiger partial charge in [0.1, 0.15) is 5.82 Å². The van der Waals surface area contributed by atoms with Gasteiger partial charge in [-0.25, -0.2) is 4.98 Å². The molecule has 0 bridgehead atoms. The lowest BCUT2D eigenvalue weighted by molar-refractivity contribution is 0.409. The van der Waals surface area contributed by atoms with E-state index in [1.54, 1.807) is 0 Å². The first-order chi connectivity index (χ1) is 8.63. The van der Waals surface area contributed by atoms with E-state index in [9.17, 15) is 0 Å². The Morgan fingerprint density at radius 3 is 2.89 bits per heavy atom. The summed E-state index contributed by atoms with van der Waals surface area (Å²) in [6.07, 6.45) is 4.61. The average Bonchev–Trinajstić information content (AvgIpc) is 2.71. The minimum Gasteiger partial charge on any atom is -0.334 e. The predicted molar refractivity (Wildman–Crippen MR) is 74.6 cm³/mol. The zero-order valence-corrected chi connectivity index (χ0v) is 11.4. The van der Waals surface area contributed by atoms with E-state index in [2.05, 4.69) is 49.7 Å². The highest BCUT2D eigenvalue weighted by Crippen LogP contribution is 2.27. The van der Waals surface area contributed by atoms with Crippen LogP contribution in [0.2, 0.25) is 0 Å². The molecule has 2 heterocycles. The van der Waals surface area contributed by atoms with E-state index in [1.165, 1.54) is 28.9 Å². The minimum atomic E-state index is 0.770. The molecule has 0 spiro atoms. The normalized spacial score (nSPS) is 18.7.